The van der Waals surface area contributed by atoms with Gasteiger partial charge in [-0.3, -0.25) is 0 Å². The van der Waals surface area contributed by atoms with Gasteiger partial charge in [0.1, 0.15) is 11.1 Å². The predicted octanol–water partition coefficient (Wildman–Crippen LogP) is 1.32. The number of carbonyl (C=O) groups is 1. The second kappa shape index (κ2) is 6.94. The lowest BCUT2D eigenvalue weighted by atomic mass is 10.3. The van der Waals surface area contributed by atoms with Gasteiger partial charge in [0, 0.05) is 19.7 Å². The Hall–Kier alpha value is -2.28. The van der Waals surface area contributed by atoms with Gasteiger partial charge in [0.2, 0.25) is 0 Å². The van der Waals surface area contributed by atoms with E-state index in [1.807, 2.05) is 0 Å². The predicted molar refractivity (Wildman–Crippen MR) is 76.6 cm³/mol. The van der Waals surface area contributed by atoms with Gasteiger partial charge in [0.25, 0.3) is 0 Å². The second-order valence-electron chi connectivity index (χ2n) is 4.20. The lowest BCUT2D eigenvalue weighted by molar-refractivity contribution is 0.0512. The van der Waals surface area contributed by atoms with Crippen LogP contribution in [0.1, 0.15) is 30.1 Å². The molecule has 116 valence electrons. The first-order valence-electron chi connectivity index (χ1n) is 6.49. The van der Waals surface area contributed by atoms with Gasteiger partial charge in [-0.15, -0.1) is 0 Å². The minimum absolute atomic E-state index is 0.00819. The molecule has 2 aromatic heterocycles. The van der Waals surface area contributed by atoms with Gasteiger partial charge in [-0.2, -0.15) is 0 Å². The summed E-state index contributed by atoms with van der Waals surface area (Å²) in [5.41, 5.74) is -0.289. The van der Waals surface area contributed by atoms with Gasteiger partial charge in [-0.1, -0.05) is 0 Å². The van der Waals surface area contributed by atoms with E-state index in [4.69, 9.17) is 14.3 Å². The number of aryl methyl sites for hydroxylation is 2. The zero-order valence-corrected chi connectivity index (χ0v) is 12.5. The number of fused-ring (bicyclic) bond motifs is 1. The van der Waals surface area contributed by atoms with Crippen LogP contribution in [0.25, 0.3) is 10.9 Å². The number of aliphatic hydroxyl groups excluding tert-OH is 1. The average molecular weight is 297 g/mol. The highest BCUT2D eigenvalue weighted by molar-refractivity contribution is 6.01. The van der Waals surface area contributed by atoms with Crippen LogP contribution in [0.4, 0.5) is 0 Å². The molecule has 0 aromatic carbocycles. The van der Waals surface area contributed by atoms with Crippen molar-refractivity contribution in [2.45, 2.75) is 20.8 Å². The maximum atomic E-state index is 11.7. The Morgan fingerprint density at radius 2 is 2.00 bits per heavy atom. The molecule has 0 saturated heterocycles. The summed E-state index contributed by atoms with van der Waals surface area (Å²) in [6.07, 6.45) is 0. The Kier molecular flexibility index (Phi) is 5.54. The standard InChI is InChI=1S/C12H13NO5.C2H6O/c1-4-17-12(16)9-10(14)8-7(13(9)3)5-6(2)18-11(8)15;1-2-3/h5,14H,4H2,1-3H3;3H,2H2,1H3. The van der Waals surface area contributed by atoms with Crippen molar-refractivity contribution in [1.82, 2.24) is 4.57 Å². The molecule has 0 aliphatic heterocycles. The highest BCUT2D eigenvalue weighted by Gasteiger charge is 2.24. The highest BCUT2D eigenvalue weighted by atomic mass is 16.5. The fraction of sp³-hybridized carbons (Fsp3) is 0.429. The normalized spacial score (nSPS) is 10.1. The van der Waals surface area contributed by atoms with Crippen molar-refractivity contribution in [3.05, 3.63) is 27.9 Å². The molecule has 0 spiro atoms. The van der Waals surface area contributed by atoms with E-state index in [9.17, 15) is 14.7 Å². The molecule has 0 aliphatic carbocycles. The van der Waals surface area contributed by atoms with E-state index in [2.05, 4.69) is 0 Å². The number of aliphatic hydroxyl groups is 1. The third-order valence-electron chi connectivity index (χ3n) is 2.68. The van der Waals surface area contributed by atoms with E-state index in [1.165, 1.54) is 4.57 Å². The van der Waals surface area contributed by atoms with E-state index in [0.29, 0.717) is 11.3 Å². The maximum Gasteiger partial charge on any atom is 0.358 e. The number of esters is 1. The van der Waals surface area contributed by atoms with Gasteiger partial charge >= 0.3 is 11.6 Å². The van der Waals surface area contributed by atoms with Crippen LogP contribution >= 0.6 is 0 Å². The van der Waals surface area contributed by atoms with E-state index in [-0.39, 0.29) is 24.3 Å². The molecular weight excluding hydrogens is 278 g/mol. The third kappa shape index (κ3) is 3.25. The fourth-order valence-corrected chi connectivity index (χ4v) is 1.91. The molecule has 0 radical (unpaired) electrons. The summed E-state index contributed by atoms with van der Waals surface area (Å²) in [7, 11) is 1.58. The molecule has 7 heteroatoms. The summed E-state index contributed by atoms with van der Waals surface area (Å²) in [5.74, 6) is -0.672. The number of aromatic hydroxyl groups is 1. The third-order valence-corrected chi connectivity index (χ3v) is 2.68. The number of ether oxygens (including phenoxy) is 1. The summed E-state index contributed by atoms with van der Waals surface area (Å²) in [4.78, 5) is 23.4. The Morgan fingerprint density at radius 1 is 1.43 bits per heavy atom. The molecule has 21 heavy (non-hydrogen) atoms. The lowest BCUT2D eigenvalue weighted by Gasteiger charge is -2.03. The number of hydrogen-bond donors (Lipinski definition) is 2. The molecule has 0 unspecified atom stereocenters. The first-order chi connectivity index (χ1) is 9.88. The molecule has 0 atom stereocenters. The molecule has 0 fully saturated rings. The lowest BCUT2D eigenvalue weighted by Crippen LogP contribution is -2.09. The number of nitrogens with zero attached hydrogens (tertiary/aromatic N) is 1. The maximum absolute atomic E-state index is 11.7. The van der Waals surface area contributed by atoms with E-state index in [1.54, 1.807) is 33.9 Å². The van der Waals surface area contributed by atoms with Crippen molar-refractivity contribution in [2.24, 2.45) is 7.05 Å². The van der Waals surface area contributed by atoms with E-state index < -0.39 is 17.3 Å². The summed E-state index contributed by atoms with van der Waals surface area (Å²) >= 11 is 0. The number of hydrogen-bond acceptors (Lipinski definition) is 6. The summed E-state index contributed by atoms with van der Waals surface area (Å²) in [6.45, 7) is 5.40. The van der Waals surface area contributed by atoms with E-state index >= 15 is 0 Å². The van der Waals surface area contributed by atoms with Crippen molar-refractivity contribution in [2.75, 3.05) is 13.2 Å². The van der Waals surface area contributed by atoms with Crippen LogP contribution < -0.4 is 5.63 Å². The molecule has 2 aromatic rings. The van der Waals surface area contributed by atoms with Crippen LogP contribution in [-0.4, -0.2) is 34.0 Å². The fourth-order valence-electron chi connectivity index (χ4n) is 1.91. The number of aromatic nitrogens is 1. The number of rotatable bonds is 2. The zero-order valence-electron chi connectivity index (χ0n) is 12.5. The van der Waals surface area contributed by atoms with Crippen LogP contribution in [0.2, 0.25) is 0 Å². The number of carbonyl (C=O) groups excluding carboxylic acids is 1. The molecule has 2 heterocycles. The van der Waals surface area contributed by atoms with Crippen LogP contribution in [-0.2, 0) is 11.8 Å². The topological polar surface area (TPSA) is 102 Å². The van der Waals surface area contributed by atoms with E-state index in [0.717, 1.165) is 0 Å². The summed E-state index contributed by atoms with van der Waals surface area (Å²) in [6, 6.07) is 1.58. The molecule has 0 saturated carbocycles. The quantitative estimate of drug-likeness (QED) is 0.811. The first kappa shape index (κ1) is 16.8. The highest BCUT2D eigenvalue weighted by Crippen LogP contribution is 2.29. The van der Waals surface area contributed by atoms with Gasteiger partial charge in [-0.25, -0.2) is 9.59 Å². The minimum atomic E-state index is -0.675. The van der Waals surface area contributed by atoms with Crippen LogP contribution in [0, 0.1) is 6.92 Å². The minimum Gasteiger partial charge on any atom is -0.505 e. The van der Waals surface area contributed by atoms with Crippen LogP contribution in [0.5, 0.6) is 5.75 Å². The van der Waals surface area contributed by atoms with Crippen molar-refractivity contribution < 1.29 is 24.2 Å². The largest absolute Gasteiger partial charge is 0.505 e. The monoisotopic (exact) mass is 297 g/mol. The Morgan fingerprint density at radius 3 is 2.52 bits per heavy atom. The smallest absolute Gasteiger partial charge is 0.358 e. The van der Waals surface area contributed by atoms with Crippen molar-refractivity contribution in [3.8, 4) is 5.75 Å². The molecule has 0 bridgehead atoms. The van der Waals surface area contributed by atoms with Crippen molar-refractivity contribution in [3.63, 3.8) is 0 Å². The first-order valence-corrected chi connectivity index (χ1v) is 6.49. The Balaban J connectivity index is 0.000000677. The van der Waals surface area contributed by atoms with Gasteiger partial charge in [0.15, 0.2) is 11.4 Å². The average Bonchev–Trinajstić information content (AvgIpc) is 2.62. The van der Waals surface area contributed by atoms with Crippen molar-refractivity contribution in [1.29, 1.82) is 0 Å². The molecule has 2 rings (SSSR count). The Bertz CT molecular complexity index is 698. The van der Waals surface area contributed by atoms with Gasteiger partial charge in [0.05, 0.1) is 12.1 Å². The molecule has 0 aliphatic rings. The van der Waals surface area contributed by atoms with Gasteiger partial charge in [-0.05, 0) is 20.8 Å². The van der Waals surface area contributed by atoms with Crippen molar-refractivity contribution >= 4 is 16.9 Å². The summed E-state index contributed by atoms with van der Waals surface area (Å²) in [5, 5.41) is 17.5. The molecule has 2 N–H and O–H groups in total. The Labute approximate surface area is 121 Å². The SMILES string of the molecule is CCO.CCOC(=O)c1c(O)c2c(=O)oc(C)cc2n1C. The van der Waals surface area contributed by atoms with Crippen LogP contribution in [0.15, 0.2) is 15.3 Å². The zero-order chi connectivity index (χ0) is 16.2. The molecular formula is C14H19NO6. The van der Waals surface area contributed by atoms with Gasteiger partial charge < -0.3 is 23.9 Å². The summed E-state index contributed by atoms with van der Waals surface area (Å²) < 4.78 is 11.2. The second-order valence-corrected chi connectivity index (χ2v) is 4.20. The molecule has 0 amide bonds. The van der Waals surface area contributed by atoms with Crippen LogP contribution in [0.3, 0.4) is 0 Å². The molecule has 7 nitrogen and oxygen atoms in total.